The van der Waals surface area contributed by atoms with Gasteiger partial charge in [0.1, 0.15) is 17.1 Å². The molecule has 2 aromatic heterocycles. The Balaban J connectivity index is 1.66. The van der Waals surface area contributed by atoms with Crippen molar-refractivity contribution in [3.63, 3.8) is 0 Å². The van der Waals surface area contributed by atoms with Crippen molar-refractivity contribution in [1.29, 1.82) is 0 Å². The number of hydrogen-bond acceptors (Lipinski definition) is 4. The van der Waals surface area contributed by atoms with Crippen molar-refractivity contribution in [3.8, 4) is 16.9 Å². The van der Waals surface area contributed by atoms with Crippen LogP contribution in [0.1, 0.15) is 56.2 Å². The van der Waals surface area contributed by atoms with Gasteiger partial charge in [-0.3, -0.25) is 9.36 Å². The van der Waals surface area contributed by atoms with Gasteiger partial charge in [-0.05, 0) is 64.8 Å². The fourth-order valence-electron chi connectivity index (χ4n) is 5.52. The number of nitrogens with one attached hydrogen (secondary N) is 2. The lowest BCUT2D eigenvalue weighted by atomic mass is 9.93. The van der Waals surface area contributed by atoms with Crippen molar-refractivity contribution in [3.05, 3.63) is 118 Å². The average molecular weight is 575 g/mol. The minimum absolute atomic E-state index is 0.187. The van der Waals surface area contributed by atoms with Crippen LogP contribution in [0.5, 0.6) is 5.75 Å². The Morgan fingerprint density at radius 1 is 0.837 bits per heavy atom. The van der Waals surface area contributed by atoms with Gasteiger partial charge in [-0.2, -0.15) is 0 Å². The van der Waals surface area contributed by atoms with Crippen LogP contribution in [-0.4, -0.2) is 22.7 Å². The van der Waals surface area contributed by atoms with E-state index in [2.05, 4.69) is 43.3 Å². The summed E-state index contributed by atoms with van der Waals surface area (Å²) in [5.41, 5.74) is 5.72. The summed E-state index contributed by atoms with van der Waals surface area (Å²) in [5, 5.41) is 6.83. The topological polar surface area (TPSA) is 85.3 Å². The van der Waals surface area contributed by atoms with E-state index in [1.807, 2.05) is 84.9 Å². The second kappa shape index (κ2) is 12.9. The molecule has 0 aliphatic heterocycles. The normalized spacial score (nSPS) is 11.2. The van der Waals surface area contributed by atoms with Gasteiger partial charge in [0.15, 0.2) is 0 Å². The zero-order valence-corrected chi connectivity index (χ0v) is 25.3. The average Bonchev–Trinajstić information content (AvgIpc) is 3.01. The summed E-state index contributed by atoms with van der Waals surface area (Å²) in [6.45, 7) is 8.81. The molecule has 5 aromatic rings. The number of aromatic nitrogens is 2. The number of para-hydroxylation sites is 1. The fraction of sp³-hybridized carbons (Fsp3) is 0.250. The molecule has 0 fully saturated rings. The van der Waals surface area contributed by atoms with Crippen molar-refractivity contribution in [2.45, 2.75) is 52.5 Å². The van der Waals surface area contributed by atoms with Crippen LogP contribution in [-0.2, 0) is 13.0 Å². The molecule has 2 amide bonds. The molecule has 0 saturated heterocycles. The number of nitrogens with zero attached hydrogens (tertiary/aromatic N) is 2. The van der Waals surface area contributed by atoms with Crippen LogP contribution in [0.4, 0.5) is 16.2 Å². The van der Waals surface area contributed by atoms with Crippen molar-refractivity contribution in [2.75, 3.05) is 17.7 Å². The van der Waals surface area contributed by atoms with E-state index in [0.717, 1.165) is 33.3 Å². The largest absolute Gasteiger partial charge is 0.497 e. The van der Waals surface area contributed by atoms with Gasteiger partial charge >= 0.3 is 6.03 Å². The Morgan fingerprint density at radius 2 is 1.51 bits per heavy atom. The first-order chi connectivity index (χ1) is 20.8. The number of pyridine rings is 2. The minimum Gasteiger partial charge on any atom is -0.497 e. The van der Waals surface area contributed by atoms with Crippen molar-refractivity contribution < 1.29 is 9.53 Å². The van der Waals surface area contributed by atoms with Crippen LogP contribution in [0.15, 0.2) is 95.9 Å². The van der Waals surface area contributed by atoms with Gasteiger partial charge in [0, 0.05) is 29.4 Å². The maximum Gasteiger partial charge on any atom is 0.323 e. The molecule has 0 radical (unpaired) electrons. The lowest BCUT2D eigenvalue weighted by molar-refractivity contribution is 0.262. The highest BCUT2D eigenvalue weighted by atomic mass is 16.5. The number of fused-ring (bicyclic) bond motifs is 1. The molecule has 0 atom stereocenters. The summed E-state index contributed by atoms with van der Waals surface area (Å²) in [6.07, 6.45) is 2.32. The summed E-state index contributed by atoms with van der Waals surface area (Å²) in [4.78, 5) is 32.8. The smallest absolute Gasteiger partial charge is 0.323 e. The van der Waals surface area contributed by atoms with E-state index in [4.69, 9.17) is 4.74 Å². The summed E-state index contributed by atoms with van der Waals surface area (Å²) in [7, 11) is 1.60. The first kappa shape index (κ1) is 29.6. The predicted octanol–water partition coefficient (Wildman–Crippen LogP) is 8.21. The van der Waals surface area contributed by atoms with E-state index in [1.165, 1.54) is 0 Å². The molecular weight excluding hydrogens is 536 g/mol. The number of amides is 2. The predicted molar refractivity (Wildman–Crippen MR) is 175 cm³/mol. The number of ether oxygens (including phenoxy) is 1. The zero-order chi connectivity index (χ0) is 30.5. The van der Waals surface area contributed by atoms with Crippen LogP contribution >= 0.6 is 0 Å². The van der Waals surface area contributed by atoms with Crippen molar-refractivity contribution in [1.82, 2.24) is 9.55 Å². The molecule has 0 aliphatic carbocycles. The first-order valence-electron chi connectivity index (χ1n) is 14.7. The standard InChI is InChI=1S/C36H38N4O3/c1-23(2)28-16-10-17-29(24(3)4)32(28)38-36(42)39-33-31(26-14-9-15-27(22-26)43-5)30-18-11-20-37-34(30)40(35(33)41)21-19-25-12-7-6-8-13-25/h6-18,20,22-24H,19,21H2,1-5H3,(H2,38,39,42). The Hall–Kier alpha value is -4.91. The molecule has 220 valence electrons. The Morgan fingerprint density at radius 3 is 2.19 bits per heavy atom. The molecule has 2 heterocycles. The number of aryl methyl sites for hydroxylation is 2. The maximum atomic E-state index is 14.3. The molecular formula is C36H38N4O3. The molecule has 0 saturated carbocycles. The van der Waals surface area contributed by atoms with Gasteiger partial charge in [0.2, 0.25) is 0 Å². The quantitative estimate of drug-likeness (QED) is 0.186. The van der Waals surface area contributed by atoms with E-state index >= 15 is 0 Å². The molecule has 7 heteroatoms. The second-order valence-corrected chi connectivity index (χ2v) is 11.2. The maximum absolute atomic E-state index is 14.3. The van der Waals surface area contributed by atoms with Gasteiger partial charge < -0.3 is 15.4 Å². The number of urea groups is 1. The molecule has 0 unspecified atom stereocenters. The van der Waals surface area contributed by atoms with E-state index in [1.54, 1.807) is 17.9 Å². The van der Waals surface area contributed by atoms with Crippen molar-refractivity contribution >= 4 is 28.4 Å². The number of hydrogen-bond donors (Lipinski definition) is 2. The van der Waals surface area contributed by atoms with E-state index in [9.17, 15) is 9.59 Å². The molecule has 0 aliphatic rings. The third-order valence-electron chi connectivity index (χ3n) is 7.70. The third-order valence-corrected chi connectivity index (χ3v) is 7.70. The highest BCUT2D eigenvalue weighted by molar-refractivity contribution is 6.07. The lowest BCUT2D eigenvalue weighted by Crippen LogP contribution is -2.30. The summed E-state index contributed by atoms with van der Waals surface area (Å²) in [6, 6.07) is 26.9. The van der Waals surface area contributed by atoms with Gasteiger partial charge in [-0.1, -0.05) is 88.4 Å². The summed E-state index contributed by atoms with van der Waals surface area (Å²) in [5.74, 6) is 1.04. The minimum atomic E-state index is -0.478. The van der Waals surface area contributed by atoms with Crippen LogP contribution in [0.25, 0.3) is 22.2 Å². The number of carbonyl (C=O) groups excluding carboxylic acids is 1. The van der Waals surface area contributed by atoms with E-state index in [-0.39, 0.29) is 23.1 Å². The Labute approximate surface area is 252 Å². The third kappa shape index (κ3) is 6.31. The molecule has 2 N–H and O–H groups in total. The fourth-order valence-corrected chi connectivity index (χ4v) is 5.52. The van der Waals surface area contributed by atoms with E-state index in [0.29, 0.717) is 29.9 Å². The van der Waals surface area contributed by atoms with Gasteiger partial charge in [-0.25, -0.2) is 9.78 Å². The Bertz CT molecular complexity index is 1780. The monoisotopic (exact) mass is 574 g/mol. The number of rotatable bonds is 9. The van der Waals surface area contributed by atoms with Gasteiger partial charge in [0.05, 0.1) is 7.11 Å². The van der Waals surface area contributed by atoms with Crippen LogP contribution < -0.4 is 20.9 Å². The number of anilines is 2. The SMILES string of the molecule is COc1cccc(-c2c(NC(=O)Nc3c(C(C)C)cccc3C(C)C)c(=O)n(CCc3ccccc3)c3ncccc23)c1. The molecule has 3 aromatic carbocycles. The molecule has 5 rings (SSSR count). The molecule has 0 spiro atoms. The van der Waals surface area contributed by atoms with Crippen LogP contribution in [0.2, 0.25) is 0 Å². The first-order valence-corrected chi connectivity index (χ1v) is 14.7. The highest BCUT2D eigenvalue weighted by Gasteiger charge is 2.23. The molecule has 7 nitrogen and oxygen atoms in total. The van der Waals surface area contributed by atoms with Gasteiger partial charge in [-0.15, -0.1) is 0 Å². The van der Waals surface area contributed by atoms with Crippen molar-refractivity contribution in [2.24, 2.45) is 0 Å². The molecule has 43 heavy (non-hydrogen) atoms. The lowest BCUT2D eigenvalue weighted by Gasteiger charge is -2.22. The highest BCUT2D eigenvalue weighted by Crippen LogP contribution is 2.36. The summed E-state index contributed by atoms with van der Waals surface area (Å²) < 4.78 is 7.16. The number of carbonyl (C=O) groups is 1. The van der Waals surface area contributed by atoms with Gasteiger partial charge in [0.25, 0.3) is 5.56 Å². The zero-order valence-electron chi connectivity index (χ0n) is 25.3. The molecule has 0 bridgehead atoms. The number of benzene rings is 3. The van der Waals surface area contributed by atoms with Crippen LogP contribution in [0.3, 0.4) is 0 Å². The Kier molecular flexibility index (Phi) is 8.90. The summed E-state index contributed by atoms with van der Waals surface area (Å²) >= 11 is 0. The van der Waals surface area contributed by atoms with E-state index < -0.39 is 6.03 Å². The second-order valence-electron chi connectivity index (χ2n) is 11.2. The van der Waals surface area contributed by atoms with Crippen LogP contribution in [0, 0.1) is 0 Å². The number of methoxy groups -OCH3 is 1.